The summed E-state index contributed by atoms with van der Waals surface area (Å²) in [6.07, 6.45) is 5.28. The predicted octanol–water partition coefficient (Wildman–Crippen LogP) is 3.53. The normalized spacial score (nSPS) is 24.5. The SMILES string of the molecule is O=S(C1CCCCC1)S(=O)C(Br)(Br)Br. The maximum absolute atomic E-state index is 11.9. The van der Waals surface area contributed by atoms with Gasteiger partial charge < -0.3 is 0 Å². The summed E-state index contributed by atoms with van der Waals surface area (Å²) in [4.78, 5) is 0. The molecule has 0 N–H and O–H groups in total. The molecule has 0 heterocycles. The van der Waals surface area contributed by atoms with E-state index in [9.17, 15) is 8.42 Å². The number of hydrogen-bond donors (Lipinski definition) is 0. The Labute approximate surface area is 114 Å². The number of halogens is 3. The first-order valence-corrected chi connectivity index (χ1v) is 9.58. The lowest BCUT2D eigenvalue weighted by Gasteiger charge is -2.22. The van der Waals surface area contributed by atoms with Crippen LogP contribution >= 0.6 is 47.8 Å². The molecule has 84 valence electrons. The molecule has 1 saturated carbocycles. The summed E-state index contributed by atoms with van der Waals surface area (Å²) in [7, 11) is -2.75. The van der Waals surface area contributed by atoms with Crippen molar-refractivity contribution in [1.82, 2.24) is 0 Å². The van der Waals surface area contributed by atoms with Crippen molar-refractivity contribution in [2.75, 3.05) is 0 Å². The van der Waals surface area contributed by atoms with Crippen molar-refractivity contribution < 1.29 is 8.42 Å². The molecule has 1 rings (SSSR count). The molecule has 0 aromatic heterocycles. The minimum atomic E-state index is -1.46. The van der Waals surface area contributed by atoms with Crippen LogP contribution in [0.25, 0.3) is 0 Å². The van der Waals surface area contributed by atoms with Crippen LogP contribution in [-0.4, -0.2) is 15.1 Å². The van der Waals surface area contributed by atoms with Crippen molar-refractivity contribution in [2.24, 2.45) is 0 Å². The Bertz CT molecular complexity index is 246. The summed E-state index contributed by atoms with van der Waals surface area (Å²) in [5.41, 5.74) is 0. The molecule has 0 amide bonds. The van der Waals surface area contributed by atoms with Gasteiger partial charge >= 0.3 is 0 Å². The van der Waals surface area contributed by atoms with Crippen LogP contribution in [0.15, 0.2) is 0 Å². The highest BCUT2D eigenvalue weighted by Crippen LogP contribution is 2.40. The molecule has 0 spiro atoms. The van der Waals surface area contributed by atoms with Crippen LogP contribution in [0.2, 0.25) is 0 Å². The van der Waals surface area contributed by atoms with Crippen LogP contribution < -0.4 is 0 Å². The summed E-state index contributed by atoms with van der Waals surface area (Å²) in [5, 5.41) is 0.0941. The third-order valence-electron chi connectivity index (χ3n) is 2.16. The summed E-state index contributed by atoms with van der Waals surface area (Å²) < 4.78 is 22.7. The maximum Gasteiger partial charge on any atom is 0.221 e. The number of rotatable bonds is 2. The van der Waals surface area contributed by atoms with Gasteiger partial charge in [-0.2, -0.15) is 0 Å². The summed E-state index contributed by atoms with van der Waals surface area (Å²) in [6.45, 7) is 0. The van der Waals surface area contributed by atoms with Gasteiger partial charge in [0.25, 0.3) is 0 Å². The molecule has 7 heteroatoms. The second-order valence-corrected chi connectivity index (χ2v) is 15.7. The van der Waals surface area contributed by atoms with E-state index in [4.69, 9.17) is 0 Å². The van der Waals surface area contributed by atoms with E-state index in [-0.39, 0.29) is 5.25 Å². The molecule has 0 saturated heterocycles. The average molecular weight is 431 g/mol. The molecule has 0 bridgehead atoms. The van der Waals surface area contributed by atoms with Gasteiger partial charge in [0.05, 0.1) is 0 Å². The van der Waals surface area contributed by atoms with Crippen LogP contribution in [0.5, 0.6) is 0 Å². The van der Waals surface area contributed by atoms with Crippen LogP contribution in [-0.2, 0) is 19.7 Å². The Morgan fingerprint density at radius 3 is 1.93 bits per heavy atom. The monoisotopic (exact) mass is 428 g/mol. The molecule has 0 radical (unpaired) electrons. The minimum Gasteiger partial charge on any atom is -0.245 e. The van der Waals surface area contributed by atoms with Gasteiger partial charge in [0, 0.05) is 5.25 Å². The number of hydrogen-bond acceptors (Lipinski definition) is 2. The Morgan fingerprint density at radius 1 is 1.00 bits per heavy atom. The predicted molar refractivity (Wildman–Crippen MR) is 72.7 cm³/mol. The summed E-state index contributed by atoms with van der Waals surface area (Å²) in [5.74, 6) is 0. The van der Waals surface area contributed by atoms with E-state index < -0.39 is 21.1 Å². The van der Waals surface area contributed by atoms with E-state index in [0.717, 1.165) is 25.7 Å². The van der Waals surface area contributed by atoms with E-state index >= 15 is 0 Å². The molecule has 2 nitrogen and oxygen atoms in total. The van der Waals surface area contributed by atoms with Crippen molar-refractivity contribution in [1.29, 1.82) is 0 Å². The van der Waals surface area contributed by atoms with Crippen LogP contribution in [0.4, 0.5) is 0 Å². The zero-order chi connectivity index (χ0) is 10.8. The van der Waals surface area contributed by atoms with Crippen LogP contribution in [0, 0.1) is 0 Å². The molecule has 2 unspecified atom stereocenters. The van der Waals surface area contributed by atoms with E-state index in [1.165, 1.54) is 6.42 Å². The average Bonchev–Trinajstić information content (AvgIpc) is 2.15. The van der Waals surface area contributed by atoms with E-state index in [0.29, 0.717) is 0 Å². The van der Waals surface area contributed by atoms with Gasteiger partial charge in [-0.3, -0.25) is 0 Å². The van der Waals surface area contributed by atoms with Crippen molar-refractivity contribution >= 4 is 67.5 Å². The Hall–Kier alpha value is 1.74. The van der Waals surface area contributed by atoms with Gasteiger partial charge in [0.1, 0.15) is 19.7 Å². The lowest BCUT2D eigenvalue weighted by atomic mass is 10.0. The molecule has 1 aliphatic rings. The molecular weight excluding hydrogens is 420 g/mol. The van der Waals surface area contributed by atoms with E-state index in [1.807, 2.05) is 0 Å². The first-order chi connectivity index (χ1) is 6.43. The highest BCUT2D eigenvalue weighted by Gasteiger charge is 2.35. The standard InChI is InChI=1S/C7H11Br3O2S2/c8-7(9,10)14(12)13(11)6-4-2-1-3-5-6/h6H,1-5H2. The maximum atomic E-state index is 11.9. The van der Waals surface area contributed by atoms with Gasteiger partial charge in [-0.25, -0.2) is 8.42 Å². The van der Waals surface area contributed by atoms with Crippen molar-refractivity contribution in [3.05, 3.63) is 0 Å². The zero-order valence-corrected chi connectivity index (χ0v) is 13.8. The molecule has 2 atom stereocenters. The minimum absolute atomic E-state index is 0.0941. The van der Waals surface area contributed by atoms with Gasteiger partial charge in [0.15, 0.2) is 0 Å². The topological polar surface area (TPSA) is 34.1 Å². The summed E-state index contributed by atoms with van der Waals surface area (Å²) >= 11 is 9.45. The highest BCUT2D eigenvalue weighted by atomic mass is 80.0. The molecule has 0 aromatic rings. The van der Waals surface area contributed by atoms with E-state index in [1.54, 1.807) is 0 Å². The van der Waals surface area contributed by atoms with Gasteiger partial charge in [-0.05, 0) is 60.6 Å². The molecule has 0 aliphatic heterocycles. The summed E-state index contributed by atoms with van der Waals surface area (Å²) in [6, 6.07) is 0. The molecule has 14 heavy (non-hydrogen) atoms. The highest BCUT2D eigenvalue weighted by molar-refractivity contribution is 9.43. The first-order valence-electron chi connectivity index (χ1n) is 4.32. The van der Waals surface area contributed by atoms with Crippen LogP contribution in [0.1, 0.15) is 32.1 Å². The van der Waals surface area contributed by atoms with Crippen LogP contribution in [0.3, 0.4) is 0 Å². The van der Waals surface area contributed by atoms with Crippen molar-refractivity contribution in [2.45, 2.75) is 38.8 Å². The molecule has 0 aromatic carbocycles. The molecular formula is C7H11Br3O2S2. The lowest BCUT2D eigenvalue weighted by Crippen LogP contribution is -2.26. The third-order valence-corrected chi connectivity index (χ3v) is 10.9. The first kappa shape index (κ1) is 13.8. The van der Waals surface area contributed by atoms with Crippen molar-refractivity contribution in [3.63, 3.8) is 0 Å². The Morgan fingerprint density at radius 2 is 1.50 bits per heavy atom. The van der Waals surface area contributed by atoms with Gasteiger partial charge in [-0.15, -0.1) is 0 Å². The molecule has 1 aliphatic carbocycles. The molecule has 1 fully saturated rings. The fourth-order valence-electron chi connectivity index (χ4n) is 1.47. The second-order valence-electron chi connectivity index (χ2n) is 3.20. The van der Waals surface area contributed by atoms with Crippen molar-refractivity contribution in [3.8, 4) is 0 Å². The quantitative estimate of drug-likeness (QED) is 0.496. The lowest BCUT2D eigenvalue weighted by molar-refractivity contribution is 0.507. The van der Waals surface area contributed by atoms with Gasteiger partial charge in [-0.1, -0.05) is 19.3 Å². The Balaban J connectivity index is 2.60. The third kappa shape index (κ3) is 3.96. The fourth-order valence-corrected chi connectivity index (χ4v) is 8.02. The largest absolute Gasteiger partial charge is 0.245 e. The number of alkyl halides is 3. The fraction of sp³-hybridized carbons (Fsp3) is 1.00. The van der Waals surface area contributed by atoms with Gasteiger partial charge in [0.2, 0.25) is 1.47 Å². The van der Waals surface area contributed by atoms with E-state index in [2.05, 4.69) is 47.8 Å². The Kier molecular flexibility index (Phi) is 5.81. The zero-order valence-electron chi connectivity index (χ0n) is 7.38. The second kappa shape index (κ2) is 5.89. The smallest absolute Gasteiger partial charge is 0.221 e.